The third-order valence-electron chi connectivity index (χ3n) is 8.90. The van der Waals surface area contributed by atoms with Crippen molar-refractivity contribution < 1.29 is 39.0 Å². The number of anilines is 1. The van der Waals surface area contributed by atoms with Crippen LogP contribution in [0.3, 0.4) is 0 Å². The Hall–Kier alpha value is -6.02. The second-order valence-electron chi connectivity index (χ2n) is 12.9. The Morgan fingerprint density at radius 3 is 2.13 bits per heavy atom. The maximum atomic E-state index is 14.3. The van der Waals surface area contributed by atoms with E-state index in [0.717, 1.165) is 4.88 Å². The predicted octanol–water partition coefficient (Wildman–Crippen LogP) is 3.04. The van der Waals surface area contributed by atoms with Gasteiger partial charge in [-0.05, 0) is 52.4 Å². The summed E-state index contributed by atoms with van der Waals surface area (Å²) in [5.41, 5.74) is 2.17. The van der Waals surface area contributed by atoms with E-state index >= 15 is 0 Å². The van der Waals surface area contributed by atoms with Crippen LogP contribution in [0.1, 0.15) is 47.3 Å². The molecule has 276 valence electrons. The number of benzene rings is 3. The minimum atomic E-state index is -1.37. The zero-order valence-corrected chi connectivity index (χ0v) is 29.7. The smallest absolute Gasteiger partial charge is 0.326 e. The Morgan fingerprint density at radius 2 is 1.45 bits per heavy atom. The minimum absolute atomic E-state index is 0.00260. The minimum Gasteiger partial charge on any atom is -0.508 e. The largest absolute Gasteiger partial charge is 0.508 e. The van der Waals surface area contributed by atoms with Crippen molar-refractivity contribution in [2.45, 2.75) is 69.1 Å². The van der Waals surface area contributed by atoms with E-state index in [4.69, 9.17) is 0 Å². The number of carboxylic acids is 1. The highest BCUT2D eigenvalue weighted by Gasteiger charge is 2.35. The van der Waals surface area contributed by atoms with Crippen LogP contribution in [0, 0.1) is 0 Å². The summed E-state index contributed by atoms with van der Waals surface area (Å²) < 4.78 is 0. The molecule has 5 amide bonds. The van der Waals surface area contributed by atoms with E-state index in [2.05, 4.69) is 26.6 Å². The second kappa shape index (κ2) is 18.0. The van der Waals surface area contributed by atoms with Gasteiger partial charge in [-0.1, -0.05) is 67.6 Å². The van der Waals surface area contributed by atoms with Gasteiger partial charge in [-0.25, -0.2) is 4.79 Å². The number of aromatic hydroxyl groups is 1. The van der Waals surface area contributed by atoms with E-state index in [-0.39, 0.29) is 37.9 Å². The highest BCUT2D eigenvalue weighted by Crippen LogP contribution is 2.24. The van der Waals surface area contributed by atoms with E-state index in [1.807, 2.05) is 5.38 Å². The van der Waals surface area contributed by atoms with Gasteiger partial charge in [0.15, 0.2) is 0 Å². The molecule has 14 heteroatoms. The number of fused-ring (bicyclic) bond motifs is 18. The summed E-state index contributed by atoms with van der Waals surface area (Å²) in [6.07, 6.45) is -0.413. The molecule has 0 radical (unpaired) electrons. The van der Waals surface area contributed by atoms with Crippen LogP contribution < -0.4 is 26.6 Å². The monoisotopic (exact) mass is 739 g/mol. The van der Waals surface area contributed by atoms with Gasteiger partial charge < -0.3 is 36.8 Å². The Balaban J connectivity index is 1.53. The van der Waals surface area contributed by atoms with Crippen molar-refractivity contribution in [3.8, 4) is 5.75 Å². The third kappa shape index (κ3) is 11.0. The predicted molar refractivity (Wildman–Crippen MR) is 198 cm³/mol. The standard InChI is InChI=1S/C39H41N5O8S/c1-23(26-9-5-10-28(45)21-26)35-38(50)42-30(19-24-7-3-2-4-8-24)36(48)43-32(39(51)52)20-25-12-14-27(15-13-25)40-33(46)16-17-34(47)41-31(37(49)44-35)22-29-11-6-18-53-29/h2-15,18,21,23,30-32,35,45H,16-17,19-20,22H2,1H3,(H,40,46)(H,41,47)(H,42,50)(H,43,48)(H,44,49)(H,51,52). The average molecular weight is 740 g/mol. The van der Waals surface area contributed by atoms with Gasteiger partial charge >= 0.3 is 5.97 Å². The van der Waals surface area contributed by atoms with Crippen LogP contribution in [-0.2, 0) is 48.0 Å². The molecule has 0 fully saturated rings. The molecule has 6 rings (SSSR count). The van der Waals surface area contributed by atoms with Gasteiger partial charge in [-0.15, -0.1) is 11.3 Å². The zero-order chi connectivity index (χ0) is 37.9. The summed E-state index contributed by atoms with van der Waals surface area (Å²) in [6, 6.07) is 20.0. The molecular formula is C39H41N5O8S. The first-order chi connectivity index (χ1) is 25.4. The molecule has 53 heavy (non-hydrogen) atoms. The fraction of sp³-hybridized carbons (Fsp3) is 0.282. The Kier molecular flexibility index (Phi) is 12.9. The molecule has 7 N–H and O–H groups in total. The molecule has 3 aromatic carbocycles. The highest BCUT2D eigenvalue weighted by molar-refractivity contribution is 7.09. The lowest BCUT2D eigenvalue weighted by atomic mass is 9.91. The summed E-state index contributed by atoms with van der Waals surface area (Å²) in [7, 11) is 0. The number of phenols is 1. The van der Waals surface area contributed by atoms with E-state index in [1.54, 1.807) is 85.8 Å². The molecule has 5 unspecified atom stereocenters. The summed E-state index contributed by atoms with van der Waals surface area (Å²) in [5, 5.41) is 35.7. The van der Waals surface area contributed by atoms with Crippen molar-refractivity contribution in [1.82, 2.24) is 21.3 Å². The fourth-order valence-electron chi connectivity index (χ4n) is 5.98. The number of nitrogens with one attached hydrogen (secondary N) is 5. The van der Waals surface area contributed by atoms with E-state index in [0.29, 0.717) is 22.4 Å². The van der Waals surface area contributed by atoms with Crippen molar-refractivity contribution >= 4 is 52.5 Å². The maximum Gasteiger partial charge on any atom is 0.326 e. The lowest BCUT2D eigenvalue weighted by molar-refractivity contribution is -0.142. The number of carboxylic acid groups (broad SMARTS) is 1. The normalized spacial score (nSPS) is 21.2. The quantitative estimate of drug-likeness (QED) is 0.140. The lowest BCUT2D eigenvalue weighted by Crippen LogP contribution is -2.59. The molecule has 1 aromatic heterocycles. The summed E-state index contributed by atoms with van der Waals surface area (Å²) in [5.74, 6) is -5.33. The lowest BCUT2D eigenvalue weighted by Gasteiger charge is -2.29. The SMILES string of the molecule is CC(c1cccc(O)c1)C1NC(=O)C(Cc2cccs2)NC(=O)CCC(=O)Nc2ccc(cc2)CC(C(=O)O)NC(=O)C(Cc2ccccc2)NC1=O. The first-order valence-electron chi connectivity index (χ1n) is 17.1. The van der Waals surface area contributed by atoms with Crippen molar-refractivity contribution in [2.24, 2.45) is 0 Å². The third-order valence-corrected chi connectivity index (χ3v) is 9.80. The highest BCUT2D eigenvalue weighted by atomic mass is 32.1. The van der Waals surface area contributed by atoms with E-state index in [9.17, 15) is 39.0 Å². The van der Waals surface area contributed by atoms with Crippen molar-refractivity contribution in [2.75, 3.05) is 5.32 Å². The number of carbonyl (C=O) groups is 6. The topological polar surface area (TPSA) is 203 Å². The first-order valence-corrected chi connectivity index (χ1v) is 18.0. The number of amides is 5. The van der Waals surface area contributed by atoms with E-state index < -0.39 is 65.6 Å². The summed E-state index contributed by atoms with van der Waals surface area (Å²) >= 11 is 1.38. The average Bonchev–Trinajstić information content (AvgIpc) is 3.66. The van der Waals surface area contributed by atoms with Gasteiger partial charge in [0.2, 0.25) is 29.5 Å². The van der Waals surface area contributed by atoms with Crippen LogP contribution in [0.5, 0.6) is 5.75 Å². The molecular weight excluding hydrogens is 699 g/mol. The number of hydrogen-bond donors (Lipinski definition) is 7. The maximum absolute atomic E-state index is 14.3. The number of phenolic OH excluding ortho intramolecular Hbond substituents is 1. The summed E-state index contributed by atoms with van der Waals surface area (Å²) in [6.45, 7) is 1.67. The zero-order valence-electron chi connectivity index (χ0n) is 28.9. The molecule has 0 saturated heterocycles. The molecule has 2 bridgehead atoms. The molecule has 0 spiro atoms. The molecule has 2 aliphatic heterocycles. The van der Waals surface area contributed by atoms with Crippen LogP contribution in [0.2, 0.25) is 0 Å². The molecule has 0 aliphatic carbocycles. The van der Waals surface area contributed by atoms with Crippen LogP contribution in [0.25, 0.3) is 0 Å². The molecule has 5 atom stereocenters. The van der Waals surface area contributed by atoms with Gasteiger partial charge in [0.05, 0.1) is 0 Å². The Bertz CT molecular complexity index is 1920. The van der Waals surface area contributed by atoms with Gasteiger partial charge in [0.1, 0.15) is 29.9 Å². The number of thiophene rings is 1. The Morgan fingerprint density at radius 1 is 0.755 bits per heavy atom. The fourth-order valence-corrected chi connectivity index (χ4v) is 6.73. The second-order valence-corrected chi connectivity index (χ2v) is 13.9. The van der Waals surface area contributed by atoms with Gasteiger partial charge in [-0.3, -0.25) is 24.0 Å². The number of carbonyl (C=O) groups excluding carboxylic acids is 5. The molecule has 4 aromatic rings. The number of rotatable bonds is 7. The van der Waals surface area contributed by atoms with Crippen molar-refractivity contribution in [1.29, 1.82) is 0 Å². The molecule has 2 aliphatic rings. The van der Waals surface area contributed by atoms with Crippen LogP contribution in [0.15, 0.2) is 96.4 Å². The van der Waals surface area contributed by atoms with Crippen LogP contribution >= 0.6 is 11.3 Å². The molecule has 0 saturated carbocycles. The van der Waals surface area contributed by atoms with Gasteiger partial charge in [-0.2, -0.15) is 0 Å². The first kappa shape index (κ1) is 38.2. The molecule has 3 heterocycles. The van der Waals surface area contributed by atoms with Gasteiger partial charge in [0, 0.05) is 48.6 Å². The van der Waals surface area contributed by atoms with Crippen molar-refractivity contribution in [3.05, 3.63) is 118 Å². The van der Waals surface area contributed by atoms with Crippen LogP contribution in [-0.4, -0.2) is 69.9 Å². The Labute approximate surface area is 310 Å². The van der Waals surface area contributed by atoms with Crippen molar-refractivity contribution in [3.63, 3.8) is 0 Å². The van der Waals surface area contributed by atoms with Crippen LogP contribution in [0.4, 0.5) is 5.69 Å². The van der Waals surface area contributed by atoms with E-state index in [1.165, 1.54) is 23.5 Å². The summed E-state index contributed by atoms with van der Waals surface area (Å²) in [4.78, 5) is 81.4. The van der Waals surface area contributed by atoms with Gasteiger partial charge in [0.25, 0.3) is 0 Å². The number of aliphatic carboxylic acids is 1. The number of hydrogen-bond acceptors (Lipinski definition) is 8. The molecule has 13 nitrogen and oxygen atoms in total.